The predicted octanol–water partition coefficient (Wildman–Crippen LogP) is 4.48. The molecule has 1 atom stereocenters. The molecular weight excluding hydrogens is 240 g/mol. The van der Waals surface area contributed by atoms with Crippen molar-refractivity contribution in [2.24, 2.45) is 5.92 Å². The molecular formula is C15H24N2S. The summed E-state index contributed by atoms with van der Waals surface area (Å²) in [5.41, 5.74) is 8.08. The SMILES string of the molecule is CC.CC(C)[C@@]1(C)CCCc2sc(N)c(C#N)c21. The zero-order chi connectivity index (χ0) is 13.9. The molecule has 2 N–H and O–H groups in total. The number of hydrogen-bond donors (Lipinski definition) is 1. The molecule has 0 saturated carbocycles. The molecule has 0 saturated heterocycles. The van der Waals surface area contributed by atoms with Crippen LogP contribution >= 0.6 is 11.3 Å². The minimum atomic E-state index is 0.132. The van der Waals surface area contributed by atoms with E-state index < -0.39 is 0 Å². The van der Waals surface area contributed by atoms with Crippen molar-refractivity contribution >= 4 is 16.3 Å². The van der Waals surface area contributed by atoms with Crippen molar-refractivity contribution < 1.29 is 0 Å². The lowest BCUT2D eigenvalue weighted by Gasteiger charge is -2.38. The molecule has 1 aliphatic rings. The van der Waals surface area contributed by atoms with Crippen molar-refractivity contribution in [3.63, 3.8) is 0 Å². The van der Waals surface area contributed by atoms with Crippen molar-refractivity contribution in [1.82, 2.24) is 0 Å². The first kappa shape index (κ1) is 15.0. The van der Waals surface area contributed by atoms with Crippen LogP contribution in [0.1, 0.15) is 63.5 Å². The number of hydrogen-bond acceptors (Lipinski definition) is 3. The van der Waals surface area contributed by atoms with E-state index >= 15 is 0 Å². The minimum Gasteiger partial charge on any atom is -0.389 e. The molecule has 1 heterocycles. The lowest BCUT2D eigenvalue weighted by molar-refractivity contribution is 0.292. The second kappa shape index (κ2) is 5.75. The van der Waals surface area contributed by atoms with Gasteiger partial charge in [0, 0.05) is 4.88 Å². The molecule has 0 aromatic carbocycles. The van der Waals surface area contributed by atoms with Crippen molar-refractivity contribution in [3.8, 4) is 6.07 Å². The topological polar surface area (TPSA) is 49.8 Å². The third-order valence-corrected chi connectivity index (χ3v) is 5.14. The van der Waals surface area contributed by atoms with Crippen LogP contribution in [0.2, 0.25) is 0 Å². The molecule has 100 valence electrons. The number of nitrogens with two attached hydrogens (primary N) is 1. The van der Waals surface area contributed by atoms with Crippen LogP contribution in [0.5, 0.6) is 0 Å². The third kappa shape index (κ3) is 2.27. The molecule has 0 aliphatic heterocycles. The van der Waals surface area contributed by atoms with E-state index in [0.717, 1.165) is 12.0 Å². The van der Waals surface area contributed by atoms with E-state index in [1.165, 1.54) is 23.3 Å². The summed E-state index contributed by atoms with van der Waals surface area (Å²) in [4.78, 5) is 1.34. The van der Waals surface area contributed by atoms with Crippen LogP contribution in [0.3, 0.4) is 0 Å². The van der Waals surface area contributed by atoms with Gasteiger partial charge in [-0.25, -0.2) is 0 Å². The standard InChI is InChI=1S/C13H18N2S.C2H6/c1-8(2)13(3)6-4-5-10-11(13)9(7-14)12(15)16-10;1-2/h8H,4-6,15H2,1-3H3;1-2H3/t13-;/m1./s1. The lowest BCUT2D eigenvalue weighted by Crippen LogP contribution is -2.32. The second-order valence-electron chi connectivity index (χ2n) is 5.18. The highest BCUT2D eigenvalue weighted by molar-refractivity contribution is 7.16. The summed E-state index contributed by atoms with van der Waals surface area (Å²) in [6, 6.07) is 2.30. The van der Waals surface area contributed by atoms with E-state index in [9.17, 15) is 5.26 Å². The summed E-state index contributed by atoms with van der Waals surface area (Å²) in [7, 11) is 0. The van der Waals surface area contributed by atoms with Gasteiger partial charge in [-0.05, 0) is 36.2 Å². The van der Waals surface area contributed by atoms with Gasteiger partial charge >= 0.3 is 0 Å². The molecule has 1 aromatic rings. The number of rotatable bonds is 1. The Morgan fingerprint density at radius 3 is 2.50 bits per heavy atom. The number of nitrogens with zero attached hydrogens (tertiary/aromatic N) is 1. The smallest absolute Gasteiger partial charge is 0.104 e. The van der Waals surface area contributed by atoms with Crippen LogP contribution in [-0.4, -0.2) is 0 Å². The molecule has 3 heteroatoms. The lowest BCUT2D eigenvalue weighted by atomic mass is 9.66. The van der Waals surface area contributed by atoms with Crippen molar-refractivity contribution in [2.45, 2.75) is 59.3 Å². The molecule has 0 radical (unpaired) electrons. The average Bonchev–Trinajstić information content (AvgIpc) is 2.68. The average molecular weight is 264 g/mol. The van der Waals surface area contributed by atoms with E-state index in [4.69, 9.17) is 5.73 Å². The van der Waals surface area contributed by atoms with Gasteiger partial charge in [0.1, 0.15) is 11.1 Å². The second-order valence-corrected chi connectivity index (χ2v) is 6.31. The summed E-state index contributed by atoms with van der Waals surface area (Å²) in [6.07, 6.45) is 3.48. The van der Waals surface area contributed by atoms with Gasteiger partial charge in [0.15, 0.2) is 0 Å². The van der Waals surface area contributed by atoms with Crippen LogP contribution in [0.25, 0.3) is 0 Å². The molecule has 0 bridgehead atoms. The number of nitriles is 1. The summed E-state index contributed by atoms with van der Waals surface area (Å²) >= 11 is 1.62. The molecule has 2 rings (SSSR count). The monoisotopic (exact) mass is 264 g/mol. The van der Waals surface area contributed by atoms with Gasteiger partial charge < -0.3 is 5.73 Å². The Kier molecular flexibility index (Phi) is 4.81. The first-order chi connectivity index (χ1) is 8.50. The number of thiophene rings is 1. The molecule has 18 heavy (non-hydrogen) atoms. The molecule has 0 fully saturated rings. The molecule has 1 aliphatic carbocycles. The van der Waals surface area contributed by atoms with Gasteiger partial charge in [0.2, 0.25) is 0 Å². The normalized spacial score (nSPS) is 21.8. The highest BCUT2D eigenvalue weighted by Crippen LogP contribution is 2.48. The first-order valence-corrected chi connectivity index (χ1v) is 7.64. The Morgan fingerprint density at radius 2 is 2.00 bits per heavy atom. The maximum absolute atomic E-state index is 9.25. The van der Waals surface area contributed by atoms with Crippen molar-refractivity contribution in [1.29, 1.82) is 5.26 Å². The van der Waals surface area contributed by atoms with Crippen molar-refractivity contribution in [2.75, 3.05) is 5.73 Å². The molecule has 0 spiro atoms. The van der Waals surface area contributed by atoms with Gasteiger partial charge in [0.05, 0.1) is 5.56 Å². The highest BCUT2D eigenvalue weighted by atomic mass is 32.1. The van der Waals surface area contributed by atoms with Crippen LogP contribution in [0.15, 0.2) is 0 Å². The summed E-state index contributed by atoms with van der Waals surface area (Å²) in [5.74, 6) is 0.549. The van der Waals surface area contributed by atoms with E-state index in [0.29, 0.717) is 10.9 Å². The quantitative estimate of drug-likeness (QED) is 0.813. The van der Waals surface area contributed by atoms with Crippen LogP contribution in [-0.2, 0) is 11.8 Å². The summed E-state index contributed by atoms with van der Waals surface area (Å²) in [5, 5.41) is 9.96. The maximum Gasteiger partial charge on any atom is 0.104 e. The van der Waals surface area contributed by atoms with E-state index in [2.05, 4.69) is 26.8 Å². The van der Waals surface area contributed by atoms with Gasteiger partial charge in [-0.2, -0.15) is 5.26 Å². The zero-order valence-electron chi connectivity index (χ0n) is 12.1. The fourth-order valence-corrected chi connectivity index (χ4v) is 3.91. The largest absolute Gasteiger partial charge is 0.389 e. The van der Waals surface area contributed by atoms with Crippen molar-refractivity contribution in [3.05, 3.63) is 16.0 Å². The Balaban J connectivity index is 0.000000771. The molecule has 0 unspecified atom stereocenters. The van der Waals surface area contributed by atoms with Crippen LogP contribution in [0.4, 0.5) is 5.00 Å². The molecule has 0 amide bonds. The molecule has 2 nitrogen and oxygen atoms in total. The molecule has 1 aromatic heterocycles. The third-order valence-electron chi connectivity index (χ3n) is 4.07. The Morgan fingerprint density at radius 1 is 1.39 bits per heavy atom. The predicted molar refractivity (Wildman–Crippen MR) is 79.9 cm³/mol. The van der Waals surface area contributed by atoms with Gasteiger partial charge in [-0.3, -0.25) is 0 Å². The zero-order valence-corrected chi connectivity index (χ0v) is 12.9. The maximum atomic E-state index is 9.25. The van der Waals surface area contributed by atoms with Gasteiger partial charge in [0.25, 0.3) is 0 Å². The first-order valence-electron chi connectivity index (χ1n) is 6.82. The Labute approximate surface area is 115 Å². The highest BCUT2D eigenvalue weighted by Gasteiger charge is 2.39. The Bertz CT molecular complexity index is 454. The fraction of sp³-hybridized carbons (Fsp3) is 0.667. The van der Waals surface area contributed by atoms with E-state index in [1.807, 2.05) is 13.8 Å². The van der Waals surface area contributed by atoms with Crippen LogP contribution in [0, 0.1) is 17.2 Å². The number of nitrogen functional groups attached to an aromatic ring is 1. The summed E-state index contributed by atoms with van der Waals surface area (Å²) in [6.45, 7) is 10.8. The van der Waals surface area contributed by atoms with Gasteiger partial charge in [-0.15, -0.1) is 11.3 Å². The van der Waals surface area contributed by atoms with E-state index in [-0.39, 0.29) is 5.41 Å². The van der Waals surface area contributed by atoms with Gasteiger partial charge in [-0.1, -0.05) is 34.6 Å². The summed E-state index contributed by atoms with van der Waals surface area (Å²) < 4.78 is 0. The van der Waals surface area contributed by atoms with E-state index in [1.54, 1.807) is 11.3 Å². The minimum absolute atomic E-state index is 0.132. The number of fused-ring (bicyclic) bond motifs is 1. The fourth-order valence-electron chi connectivity index (χ4n) is 2.71. The number of aryl methyl sites for hydroxylation is 1. The Hall–Kier alpha value is -1.01. The van der Waals surface area contributed by atoms with Crippen LogP contribution < -0.4 is 5.73 Å². The number of anilines is 1.